The van der Waals surface area contributed by atoms with Gasteiger partial charge in [-0.1, -0.05) is 41.9 Å². The number of benzene rings is 2. The molecule has 3 amide bonds. The molecule has 28 heavy (non-hydrogen) atoms. The maximum atomic E-state index is 13.2. The van der Waals surface area contributed by atoms with Crippen molar-refractivity contribution in [2.45, 2.75) is 13.0 Å². The number of carbonyl (C=O) groups excluding carboxylic acids is 2. The van der Waals surface area contributed by atoms with E-state index in [9.17, 15) is 9.59 Å². The first kappa shape index (κ1) is 22.0. The van der Waals surface area contributed by atoms with Crippen molar-refractivity contribution < 1.29 is 9.59 Å². The number of rotatable bonds is 7. The zero-order valence-corrected chi connectivity index (χ0v) is 17.0. The fourth-order valence-corrected chi connectivity index (χ4v) is 3.27. The van der Waals surface area contributed by atoms with Crippen LogP contribution in [0.25, 0.3) is 0 Å². The molecule has 6 nitrogen and oxygen atoms in total. The van der Waals surface area contributed by atoms with Crippen LogP contribution in [0.2, 0.25) is 5.02 Å². The van der Waals surface area contributed by atoms with Crippen molar-refractivity contribution in [3.05, 3.63) is 64.7 Å². The third-order valence-corrected chi connectivity index (χ3v) is 4.81. The Hall–Kier alpha value is -2.28. The smallest absolute Gasteiger partial charge is 0.321 e. The Labute approximate surface area is 176 Å². The maximum absolute atomic E-state index is 13.2. The molecule has 0 radical (unpaired) electrons. The number of nitrogens with one attached hydrogen (secondary N) is 1. The van der Waals surface area contributed by atoms with Crippen molar-refractivity contribution in [2.24, 2.45) is 5.73 Å². The molecule has 0 aliphatic carbocycles. The van der Waals surface area contributed by atoms with Crippen LogP contribution in [0.3, 0.4) is 0 Å². The van der Waals surface area contributed by atoms with E-state index in [4.69, 9.17) is 17.3 Å². The number of urea groups is 1. The molecule has 2 aromatic carbocycles. The third-order valence-electron chi connectivity index (χ3n) is 4.48. The lowest BCUT2D eigenvalue weighted by atomic mass is 10.1. The second-order valence-electron chi connectivity index (χ2n) is 6.40. The first-order valence-corrected chi connectivity index (χ1v) is 9.36. The molecule has 2 aromatic rings. The quantitative estimate of drug-likeness (QED) is 0.718. The molecule has 0 aromatic heterocycles. The molecule has 0 bridgehead atoms. The first-order valence-electron chi connectivity index (χ1n) is 8.98. The molecule has 0 atom stereocenters. The van der Waals surface area contributed by atoms with Crippen molar-refractivity contribution in [3.8, 4) is 0 Å². The summed E-state index contributed by atoms with van der Waals surface area (Å²) in [5.41, 5.74) is 7.74. The topological polar surface area (TPSA) is 78.7 Å². The minimum Gasteiger partial charge on any atom is -0.336 e. The predicted molar refractivity (Wildman–Crippen MR) is 114 cm³/mol. The van der Waals surface area contributed by atoms with Crippen LogP contribution in [0.4, 0.5) is 10.5 Å². The van der Waals surface area contributed by atoms with Gasteiger partial charge in [-0.05, 0) is 36.7 Å². The number of hydrogen-bond acceptors (Lipinski definition) is 3. The van der Waals surface area contributed by atoms with Crippen LogP contribution >= 0.6 is 24.0 Å². The average Bonchev–Trinajstić information content (AvgIpc) is 3.12. The van der Waals surface area contributed by atoms with E-state index in [1.54, 1.807) is 28.0 Å². The number of hydrogen-bond donors (Lipinski definition) is 2. The molecule has 3 N–H and O–H groups in total. The van der Waals surface area contributed by atoms with Gasteiger partial charge in [-0.2, -0.15) is 0 Å². The van der Waals surface area contributed by atoms with E-state index >= 15 is 0 Å². The van der Waals surface area contributed by atoms with Gasteiger partial charge in [0.2, 0.25) is 0 Å². The summed E-state index contributed by atoms with van der Waals surface area (Å²) < 4.78 is 0. The Balaban J connectivity index is 0.00000280. The highest BCUT2D eigenvalue weighted by Crippen LogP contribution is 2.26. The normalized spacial score (nSPS) is 13.1. The molecular formula is C20H24Cl2N4O2. The van der Waals surface area contributed by atoms with E-state index in [0.29, 0.717) is 55.4 Å². The monoisotopic (exact) mass is 422 g/mol. The summed E-state index contributed by atoms with van der Waals surface area (Å²) in [6.45, 7) is 2.66. The molecule has 0 spiro atoms. The van der Waals surface area contributed by atoms with Crippen LogP contribution in [-0.4, -0.2) is 43.0 Å². The highest BCUT2D eigenvalue weighted by Gasteiger charge is 2.24. The second kappa shape index (κ2) is 10.3. The van der Waals surface area contributed by atoms with Gasteiger partial charge in [0.05, 0.1) is 10.6 Å². The van der Waals surface area contributed by atoms with Gasteiger partial charge in [-0.3, -0.25) is 9.69 Å². The molecule has 1 saturated heterocycles. The van der Waals surface area contributed by atoms with Crippen molar-refractivity contribution in [1.82, 2.24) is 10.2 Å². The fraction of sp³-hybridized carbons (Fsp3) is 0.300. The van der Waals surface area contributed by atoms with Crippen LogP contribution in [0.1, 0.15) is 22.3 Å². The number of nitrogens with two attached hydrogens (primary N) is 1. The van der Waals surface area contributed by atoms with Crippen molar-refractivity contribution >= 4 is 41.6 Å². The van der Waals surface area contributed by atoms with Gasteiger partial charge in [-0.15, -0.1) is 12.4 Å². The van der Waals surface area contributed by atoms with E-state index < -0.39 is 0 Å². The molecule has 150 valence electrons. The Bertz CT molecular complexity index is 817. The molecule has 0 saturated carbocycles. The molecule has 0 unspecified atom stereocenters. The molecule has 8 heteroatoms. The lowest BCUT2D eigenvalue weighted by molar-refractivity contribution is 0.0742. The first-order chi connectivity index (χ1) is 13.1. The Morgan fingerprint density at radius 1 is 1.21 bits per heavy atom. The number of amides is 3. The molecule has 1 fully saturated rings. The summed E-state index contributed by atoms with van der Waals surface area (Å²) in [7, 11) is 0. The predicted octanol–water partition coefficient (Wildman–Crippen LogP) is 3.28. The summed E-state index contributed by atoms with van der Waals surface area (Å²) >= 11 is 6.32. The number of halogens is 2. The summed E-state index contributed by atoms with van der Waals surface area (Å²) in [4.78, 5) is 28.5. The van der Waals surface area contributed by atoms with Gasteiger partial charge < -0.3 is 16.0 Å². The van der Waals surface area contributed by atoms with E-state index in [-0.39, 0.29) is 24.3 Å². The number of anilines is 1. The van der Waals surface area contributed by atoms with Crippen LogP contribution in [0.15, 0.2) is 48.5 Å². The van der Waals surface area contributed by atoms with E-state index in [2.05, 4.69) is 5.32 Å². The van der Waals surface area contributed by atoms with E-state index in [1.807, 2.05) is 30.3 Å². The summed E-state index contributed by atoms with van der Waals surface area (Å²) in [5, 5.41) is 3.13. The van der Waals surface area contributed by atoms with Gasteiger partial charge in [0.25, 0.3) is 5.91 Å². The summed E-state index contributed by atoms with van der Waals surface area (Å²) in [6.07, 6.45) is 0.699. The largest absolute Gasteiger partial charge is 0.336 e. The summed E-state index contributed by atoms with van der Waals surface area (Å²) in [6, 6.07) is 14.7. The van der Waals surface area contributed by atoms with Gasteiger partial charge >= 0.3 is 6.03 Å². The highest BCUT2D eigenvalue weighted by atomic mass is 35.5. The Kier molecular flexibility index (Phi) is 8.11. The Morgan fingerprint density at radius 3 is 2.61 bits per heavy atom. The minimum absolute atomic E-state index is 0. The lowest BCUT2D eigenvalue weighted by Crippen LogP contribution is -2.33. The van der Waals surface area contributed by atoms with Crippen molar-refractivity contribution in [3.63, 3.8) is 0 Å². The van der Waals surface area contributed by atoms with Gasteiger partial charge in [0.1, 0.15) is 0 Å². The SMILES string of the molecule is Cl.NCCCN(Cc1ccccc1)C(=O)c1cc(N2CCNC2=O)ccc1Cl. The van der Waals surface area contributed by atoms with Gasteiger partial charge in [-0.25, -0.2) is 4.79 Å². The zero-order chi connectivity index (χ0) is 19.2. The molecule has 1 heterocycles. The van der Waals surface area contributed by atoms with Crippen LogP contribution in [-0.2, 0) is 6.54 Å². The zero-order valence-electron chi connectivity index (χ0n) is 15.4. The van der Waals surface area contributed by atoms with Crippen molar-refractivity contribution in [1.29, 1.82) is 0 Å². The number of carbonyl (C=O) groups is 2. The molecule has 1 aliphatic heterocycles. The number of nitrogens with zero attached hydrogens (tertiary/aromatic N) is 2. The van der Waals surface area contributed by atoms with Crippen molar-refractivity contribution in [2.75, 3.05) is 31.1 Å². The second-order valence-corrected chi connectivity index (χ2v) is 6.81. The molecular weight excluding hydrogens is 399 g/mol. The van der Waals surface area contributed by atoms with Crippen LogP contribution in [0, 0.1) is 0 Å². The van der Waals surface area contributed by atoms with Crippen LogP contribution < -0.4 is 16.0 Å². The van der Waals surface area contributed by atoms with E-state index in [0.717, 1.165) is 5.56 Å². The van der Waals surface area contributed by atoms with Crippen LogP contribution in [0.5, 0.6) is 0 Å². The van der Waals surface area contributed by atoms with Gasteiger partial charge in [0, 0.05) is 31.9 Å². The van der Waals surface area contributed by atoms with E-state index in [1.165, 1.54) is 0 Å². The highest BCUT2D eigenvalue weighted by molar-refractivity contribution is 6.34. The molecule has 1 aliphatic rings. The summed E-state index contributed by atoms with van der Waals surface area (Å²) in [5.74, 6) is -0.168. The maximum Gasteiger partial charge on any atom is 0.321 e. The van der Waals surface area contributed by atoms with Gasteiger partial charge in [0.15, 0.2) is 0 Å². The average molecular weight is 423 g/mol. The standard InChI is InChI=1S/C20H23ClN4O2.ClH/c21-18-8-7-16(25-12-10-23-20(25)27)13-17(18)19(26)24(11-4-9-22)14-15-5-2-1-3-6-15;/h1-3,5-8,13H,4,9-12,14,22H2,(H,23,27);1H. The molecule has 3 rings (SSSR count). The lowest BCUT2D eigenvalue weighted by Gasteiger charge is -2.24. The minimum atomic E-state index is -0.168. The third kappa shape index (κ3) is 5.16. The Morgan fingerprint density at radius 2 is 1.96 bits per heavy atom. The fourth-order valence-electron chi connectivity index (χ4n) is 3.07.